The second kappa shape index (κ2) is 5.88. The fraction of sp³-hybridized carbons (Fsp3) is 0.727. The first-order valence-corrected chi connectivity index (χ1v) is 5.41. The van der Waals surface area contributed by atoms with Gasteiger partial charge in [-0.3, -0.25) is 4.68 Å². The minimum Gasteiger partial charge on any atom is -0.383 e. The molecule has 0 aliphatic heterocycles. The van der Waals surface area contributed by atoms with E-state index in [4.69, 9.17) is 4.74 Å². The van der Waals surface area contributed by atoms with Gasteiger partial charge in [-0.15, -0.1) is 0 Å². The molecule has 0 spiro atoms. The zero-order valence-corrected chi connectivity index (χ0v) is 10.1. The predicted octanol–water partition coefficient (Wildman–Crippen LogP) is 1.11. The Morgan fingerprint density at radius 3 is 2.87 bits per heavy atom. The van der Waals surface area contributed by atoms with Gasteiger partial charge in [-0.1, -0.05) is 6.92 Å². The summed E-state index contributed by atoms with van der Waals surface area (Å²) in [5, 5.41) is 7.79. The summed E-state index contributed by atoms with van der Waals surface area (Å²) in [5.41, 5.74) is 2.36. The topological polar surface area (TPSA) is 39.1 Å². The summed E-state index contributed by atoms with van der Waals surface area (Å²) in [5.74, 6) is 0. The van der Waals surface area contributed by atoms with Gasteiger partial charge in [0.05, 0.1) is 18.0 Å². The molecule has 0 saturated heterocycles. The van der Waals surface area contributed by atoms with Crippen LogP contribution in [0.1, 0.15) is 25.2 Å². The minimum atomic E-state index is 0.370. The van der Waals surface area contributed by atoms with E-state index in [2.05, 4.69) is 30.3 Å². The van der Waals surface area contributed by atoms with Gasteiger partial charge in [-0.25, -0.2) is 0 Å². The van der Waals surface area contributed by atoms with Gasteiger partial charge in [0, 0.05) is 26.7 Å². The van der Waals surface area contributed by atoms with Gasteiger partial charge in [0.1, 0.15) is 0 Å². The third-order valence-corrected chi connectivity index (χ3v) is 2.44. The summed E-state index contributed by atoms with van der Waals surface area (Å²) in [6.45, 7) is 5.81. The third-order valence-electron chi connectivity index (χ3n) is 2.44. The second-order valence-electron chi connectivity index (χ2n) is 3.84. The first-order chi connectivity index (χ1) is 7.17. The molecule has 15 heavy (non-hydrogen) atoms. The number of aryl methyl sites for hydroxylation is 2. The average Bonchev–Trinajstić information content (AvgIpc) is 2.57. The Bertz CT molecular complexity index is 296. The number of hydrogen-bond donors (Lipinski definition) is 1. The van der Waals surface area contributed by atoms with E-state index in [9.17, 15) is 0 Å². The summed E-state index contributed by atoms with van der Waals surface area (Å²) >= 11 is 0. The molecule has 1 aromatic heterocycles. The summed E-state index contributed by atoms with van der Waals surface area (Å²) in [4.78, 5) is 0. The van der Waals surface area contributed by atoms with Crippen molar-refractivity contribution in [3.63, 3.8) is 0 Å². The Morgan fingerprint density at radius 1 is 1.60 bits per heavy atom. The highest BCUT2D eigenvalue weighted by Gasteiger charge is 2.05. The number of rotatable bonds is 6. The standard InChI is InChI=1S/C11H21N3O/c1-5-10-6-11(14(3)13-10)7-12-9(2)8-15-4/h6,9,12H,5,7-8H2,1-4H3. The molecule has 1 aromatic rings. The molecular weight excluding hydrogens is 190 g/mol. The Labute approximate surface area is 91.6 Å². The Morgan fingerprint density at radius 2 is 2.33 bits per heavy atom. The Kier molecular flexibility index (Phi) is 4.78. The quantitative estimate of drug-likeness (QED) is 0.766. The molecule has 0 saturated carbocycles. The van der Waals surface area contributed by atoms with Gasteiger partial charge in [-0.05, 0) is 19.4 Å². The van der Waals surface area contributed by atoms with Gasteiger partial charge < -0.3 is 10.1 Å². The van der Waals surface area contributed by atoms with Crippen molar-refractivity contribution in [2.45, 2.75) is 32.9 Å². The number of ether oxygens (including phenoxy) is 1. The number of methoxy groups -OCH3 is 1. The van der Waals surface area contributed by atoms with E-state index >= 15 is 0 Å². The van der Waals surface area contributed by atoms with Gasteiger partial charge in [0.2, 0.25) is 0 Å². The number of nitrogens with one attached hydrogen (secondary N) is 1. The maximum Gasteiger partial charge on any atom is 0.0625 e. The lowest BCUT2D eigenvalue weighted by atomic mass is 10.3. The van der Waals surface area contributed by atoms with Crippen molar-refractivity contribution in [2.75, 3.05) is 13.7 Å². The zero-order chi connectivity index (χ0) is 11.3. The lowest BCUT2D eigenvalue weighted by Gasteiger charge is -2.12. The van der Waals surface area contributed by atoms with E-state index in [1.807, 2.05) is 11.7 Å². The highest BCUT2D eigenvalue weighted by molar-refractivity contribution is 5.09. The van der Waals surface area contributed by atoms with E-state index in [-0.39, 0.29) is 0 Å². The van der Waals surface area contributed by atoms with Crippen LogP contribution in [0.15, 0.2) is 6.07 Å². The predicted molar refractivity (Wildman–Crippen MR) is 60.8 cm³/mol. The van der Waals surface area contributed by atoms with Crippen LogP contribution in [-0.4, -0.2) is 29.5 Å². The van der Waals surface area contributed by atoms with E-state index < -0.39 is 0 Å². The second-order valence-corrected chi connectivity index (χ2v) is 3.84. The van der Waals surface area contributed by atoms with E-state index in [0.717, 1.165) is 25.3 Å². The summed E-state index contributed by atoms with van der Waals surface area (Å²) < 4.78 is 7.00. The first-order valence-electron chi connectivity index (χ1n) is 5.41. The molecule has 0 aliphatic carbocycles. The van der Waals surface area contributed by atoms with Crippen molar-refractivity contribution in [3.8, 4) is 0 Å². The molecule has 0 radical (unpaired) electrons. The number of aromatic nitrogens is 2. The molecule has 0 amide bonds. The fourth-order valence-electron chi connectivity index (χ4n) is 1.50. The average molecular weight is 211 g/mol. The zero-order valence-electron chi connectivity index (χ0n) is 10.1. The van der Waals surface area contributed by atoms with Crippen LogP contribution in [0.3, 0.4) is 0 Å². The van der Waals surface area contributed by atoms with Crippen LogP contribution in [0.25, 0.3) is 0 Å². The molecule has 0 aliphatic rings. The SMILES string of the molecule is CCc1cc(CNC(C)COC)n(C)n1. The molecule has 4 heteroatoms. The Hall–Kier alpha value is -0.870. The van der Waals surface area contributed by atoms with E-state index in [1.165, 1.54) is 5.69 Å². The van der Waals surface area contributed by atoms with Gasteiger partial charge in [0.25, 0.3) is 0 Å². The van der Waals surface area contributed by atoms with Crippen molar-refractivity contribution in [1.29, 1.82) is 0 Å². The van der Waals surface area contributed by atoms with Crippen LogP contribution in [0.4, 0.5) is 0 Å². The van der Waals surface area contributed by atoms with Gasteiger partial charge in [0.15, 0.2) is 0 Å². The molecule has 1 unspecified atom stereocenters. The smallest absolute Gasteiger partial charge is 0.0625 e. The van der Waals surface area contributed by atoms with Gasteiger partial charge in [-0.2, -0.15) is 5.10 Å². The lowest BCUT2D eigenvalue weighted by Crippen LogP contribution is -2.30. The largest absolute Gasteiger partial charge is 0.383 e. The van der Waals surface area contributed by atoms with Crippen molar-refractivity contribution < 1.29 is 4.74 Å². The van der Waals surface area contributed by atoms with Crippen LogP contribution < -0.4 is 5.32 Å². The normalized spacial score (nSPS) is 13.1. The van der Waals surface area contributed by atoms with Crippen LogP contribution in [0.2, 0.25) is 0 Å². The maximum absolute atomic E-state index is 5.06. The molecule has 0 aromatic carbocycles. The molecule has 4 nitrogen and oxygen atoms in total. The van der Waals surface area contributed by atoms with Crippen molar-refractivity contribution in [2.24, 2.45) is 7.05 Å². The molecule has 86 valence electrons. The van der Waals surface area contributed by atoms with E-state index in [0.29, 0.717) is 6.04 Å². The fourth-order valence-corrected chi connectivity index (χ4v) is 1.50. The first kappa shape index (κ1) is 12.2. The summed E-state index contributed by atoms with van der Waals surface area (Å²) in [6.07, 6.45) is 0.988. The summed E-state index contributed by atoms with van der Waals surface area (Å²) in [7, 11) is 3.70. The van der Waals surface area contributed by atoms with Crippen LogP contribution in [0.5, 0.6) is 0 Å². The molecule has 1 heterocycles. The molecule has 1 rings (SSSR count). The number of nitrogens with zero attached hydrogens (tertiary/aromatic N) is 2. The highest BCUT2D eigenvalue weighted by atomic mass is 16.5. The van der Waals surface area contributed by atoms with Crippen LogP contribution >= 0.6 is 0 Å². The van der Waals surface area contributed by atoms with Crippen molar-refractivity contribution >= 4 is 0 Å². The van der Waals surface area contributed by atoms with Crippen LogP contribution in [0, 0.1) is 0 Å². The molecule has 1 atom stereocenters. The molecule has 0 fully saturated rings. The third kappa shape index (κ3) is 3.64. The lowest BCUT2D eigenvalue weighted by molar-refractivity contribution is 0.171. The minimum absolute atomic E-state index is 0.370. The van der Waals surface area contributed by atoms with Crippen molar-refractivity contribution in [1.82, 2.24) is 15.1 Å². The molecule has 0 bridgehead atoms. The number of hydrogen-bond acceptors (Lipinski definition) is 3. The van der Waals surface area contributed by atoms with E-state index in [1.54, 1.807) is 7.11 Å². The maximum atomic E-state index is 5.06. The molecular formula is C11H21N3O. The Balaban J connectivity index is 2.46. The van der Waals surface area contributed by atoms with Crippen LogP contribution in [-0.2, 0) is 24.8 Å². The monoisotopic (exact) mass is 211 g/mol. The summed E-state index contributed by atoms with van der Waals surface area (Å²) in [6, 6.07) is 2.52. The molecule has 1 N–H and O–H groups in total. The van der Waals surface area contributed by atoms with Crippen molar-refractivity contribution in [3.05, 3.63) is 17.5 Å². The van der Waals surface area contributed by atoms with Gasteiger partial charge >= 0.3 is 0 Å². The highest BCUT2D eigenvalue weighted by Crippen LogP contribution is 2.03.